The van der Waals surface area contributed by atoms with Crippen LogP contribution in [0.2, 0.25) is 5.02 Å². The summed E-state index contributed by atoms with van der Waals surface area (Å²) in [5.74, 6) is 0.935. The zero-order valence-corrected chi connectivity index (χ0v) is 10.6. The zero-order chi connectivity index (χ0) is 11.1. The van der Waals surface area contributed by atoms with Crippen LogP contribution >= 0.6 is 34.7 Å². The summed E-state index contributed by atoms with van der Waals surface area (Å²) in [7, 11) is 0. The highest BCUT2D eigenvalue weighted by molar-refractivity contribution is 8.00. The summed E-state index contributed by atoms with van der Waals surface area (Å²) in [4.78, 5) is 12.3. The first-order valence-electron chi connectivity index (χ1n) is 4.79. The number of thiophene rings is 1. The van der Waals surface area contributed by atoms with Gasteiger partial charge in [-0.2, -0.15) is 0 Å². The van der Waals surface area contributed by atoms with Crippen LogP contribution in [0.1, 0.15) is 21.5 Å². The smallest absolute Gasteiger partial charge is 0.195 e. The van der Waals surface area contributed by atoms with E-state index in [2.05, 4.69) is 0 Å². The molecule has 1 aromatic heterocycles. The van der Waals surface area contributed by atoms with Gasteiger partial charge in [-0.3, -0.25) is 4.79 Å². The normalized spacial score (nSPS) is 14.2. The molecule has 1 aliphatic heterocycles. The number of carbonyl (C=O) groups is 1. The van der Waals surface area contributed by atoms with Crippen molar-refractivity contribution in [2.75, 3.05) is 0 Å². The molecule has 0 aliphatic carbocycles. The summed E-state index contributed by atoms with van der Waals surface area (Å²) in [6.07, 6.45) is 0. The third-order valence-electron chi connectivity index (χ3n) is 2.55. The average Bonchev–Trinajstić information content (AvgIpc) is 2.70. The summed E-state index contributed by atoms with van der Waals surface area (Å²) in [5, 5.41) is 2.58. The topological polar surface area (TPSA) is 17.1 Å². The van der Waals surface area contributed by atoms with Crippen LogP contribution in [-0.4, -0.2) is 5.78 Å². The van der Waals surface area contributed by atoms with Gasteiger partial charge in [-0.15, -0.1) is 23.1 Å². The number of hydrogen-bond donors (Lipinski definition) is 0. The van der Waals surface area contributed by atoms with Gasteiger partial charge in [-0.25, -0.2) is 0 Å². The summed E-state index contributed by atoms with van der Waals surface area (Å²) >= 11 is 9.29. The number of carbonyl (C=O) groups excluding carboxylic acids is 1. The SMILES string of the molecule is O=C1c2cc(Cl)ccc2CSc2sccc21. The summed E-state index contributed by atoms with van der Waals surface area (Å²) in [6, 6.07) is 7.45. The molecule has 1 aliphatic rings. The van der Waals surface area contributed by atoms with Crippen LogP contribution in [-0.2, 0) is 5.75 Å². The summed E-state index contributed by atoms with van der Waals surface area (Å²) in [5.41, 5.74) is 2.64. The molecule has 0 fully saturated rings. The molecular formula is C12H7ClOS2. The fraction of sp³-hybridized carbons (Fsp3) is 0.0833. The average molecular weight is 267 g/mol. The van der Waals surface area contributed by atoms with Crippen molar-refractivity contribution in [3.8, 4) is 0 Å². The largest absolute Gasteiger partial charge is 0.289 e. The lowest BCUT2D eigenvalue weighted by atomic mass is 10.0. The molecule has 4 heteroatoms. The Hall–Kier alpha value is -0.770. The van der Waals surface area contributed by atoms with E-state index in [4.69, 9.17) is 11.6 Å². The molecule has 0 radical (unpaired) electrons. The molecule has 0 unspecified atom stereocenters. The predicted octanol–water partition coefficient (Wildman–Crippen LogP) is 4.24. The number of rotatable bonds is 0. The van der Waals surface area contributed by atoms with Crippen LogP contribution in [0.3, 0.4) is 0 Å². The number of hydrogen-bond acceptors (Lipinski definition) is 3. The van der Waals surface area contributed by atoms with Gasteiger partial charge in [0.25, 0.3) is 0 Å². The highest BCUT2D eigenvalue weighted by Crippen LogP contribution is 2.37. The van der Waals surface area contributed by atoms with Gasteiger partial charge in [0.15, 0.2) is 5.78 Å². The molecule has 2 aromatic rings. The third-order valence-corrected chi connectivity index (χ3v) is 5.07. The maximum absolute atomic E-state index is 12.3. The number of halogens is 1. The second-order valence-electron chi connectivity index (χ2n) is 3.54. The molecule has 16 heavy (non-hydrogen) atoms. The minimum Gasteiger partial charge on any atom is -0.289 e. The maximum Gasteiger partial charge on any atom is 0.195 e. The second-order valence-corrected chi connectivity index (χ2v) is 6.14. The second kappa shape index (κ2) is 3.91. The van der Waals surface area contributed by atoms with Crippen molar-refractivity contribution in [2.45, 2.75) is 9.96 Å². The van der Waals surface area contributed by atoms with E-state index in [1.54, 1.807) is 29.2 Å². The molecule has 1 aromatic carbocycles. The lowest BCUT2D eigenvalue weighted by Crippen LogP contribution is -2.02. The van der Waals surface area contributed by atoms with Gasteiger partial charge in [0.1, 0.15) is 0 Å². The Bertz CT molecular complexity index is 574. The monoisotopic (exact) mass is 266 g/mol. The van der Waals surface area contributed by atoms with Gasteiger partial charge in [0, 0.05) is 21.9 Å². The molecule has 0 saturated carbocycles. The standard InChI is InChI=1S/C12H7ClOS2/c13-8-2-1-7-6-16-12-9(3-4-15-12)11(14)10(7)5-8/h1-5H,6H2. The Morgan fingerprint density at radius 1 is 1.19 bits per heavy atom. The summed E-state index contributed by atoms with van der Waals surface area (Å²) < 4.78 is 1.11. The molecule has 80 valence electrons. The van der Waals surface area contributed by atoms with Crippen molar-refractivity contribution in [1.29, 1.82) is 0 Å². The first kappa shape index (κ1) is 10.4. The Balaban J connectivity index is 2.22. The maximum atomic E-state index is 12.3. The van der Waals surface area contributed by atoms with Gasteiger partial charge in [-0.05, 0) is 29.1 Å². The Kier molecular flexibility index (Phi) is 2.54. The van der Waals surface area contributed by atoms with E-state index in [1.165, 1.54) is 0 Å². The van der Waals surface area contributed by atoms with E-state index in [1.807, 2.05) is 23.6 Å². The summed E-state index contributed by atoms with van der Waals surface area (Å²) in [6.45, 7) is 0. The van der Waals surface area contributed by atoms with Crippen LogP contribution in [0.15, 0.2) is 33.9 Å². The molecule has 0 N–H and O–H groups in total. The van der Waals surface area contributed by atoms with Crippen LogP contribution in [0.5, 0.6) is 0 Å². The fourth-order valence-corrected chi connectivity index (χ4v) is 4.01. The highest BCUT2D eigenvalue weighted by Gasteiger charge is 2.22. The molecule has 0 spiro atoms. The molecular weight excluding hydrogens is 260 g/mol. The van der Waals surface area contributed by atoms with Crippen molar-refractivity contribution in [3.63, 3.8) is 0 Å². The minimum absolute atomic E-state index is 0.0961. The molecule has 0 atom stereocenters. The van der Waals surface area contributed by atoms with E-state index in [9.17, 15) is 4.79 Å². The molecule has 3 rings (SSSR count). The Labute approximate surface area is 106 Å². The van der Waals surface area contributed by atoms with Gasteiger partial charge < -0.3 is 0 Å². The van der Waals surface area contributed by atoms with E-state index in [-0.39, 0.29) is 5.78 Å². The predicted molar refractivity (Wildman–Crippen MR) is 68.8 cm³/mol. The van der Waals surface area contributed by atoms with Crippen molar-refractivity contribution < 1.29 is 4.79 Å². The van der Waals surface area contributed by atoms with Crippen LogP contribution < -0.4 is 0 Å². The van der Waals surface area contributed by atoms with Gasteiger partial charge in [0.05, 0.1) is 4.21 Å². The molecule has 1 nitrogen and oxygen atoms in total. The van der Waals surface area contributed by atoms with Gasteiger partial charge in [-0.1, -0.05) is 17.7 Å². The Morgan fingerprint density at radius 3 is 2.94 bits per heavy atom. The van der Waals surface area contributed by atoms with E-state index >= 15 is 0 Å². The van der Waals surface area contributed by atoms with Crippen LogP contribution in [0.4, 0.5) is 0 Å². The third kappa shape index (κ3) is 1.59. The van der Waals surface area contributed by atoms with Crippen LogP contribution in [0.25, 0.3) is 0 Å². The number of benzene rings is 1. The molecule has 0 bridgehead atoms. The lowest BCUT2D eigenvalue weighted by Gasteiger charge is -2.03. The van der Waals surface area contributed by atoms with Crippen molar-refractivity contribution in [3.05, 3.63) is 51.4 Å². The zero-order valence-electron chi connectivity index (χ0n) is 8.20. The highest BCUT2D eigenvalue weighted by atomic mass is 35.5. The lowest BCUT2D eigenvalue weighted by molar-refractivity contribution is 0.103. The number of fused-ring (bicyclic) bond motifs is 2. The van der Waals surface area contributed by atoms with Gasteiger partial charge in [0.2, 0.25) is 0 Å². The Morgan fingerprint density at radius 2 is 2.06 bits per heavy atom. The van der Waals surface area contributed by atoms with Crippen molar-refractivity contribution in [2.24, 2.45) is 0 Å². The number of thioether (sulfide) groups is 1. The molecule has 0 amide bonds. The minimum atomic E-state index is 0.0961. The quantitative estimate of drug-likeness (QED) is 0.710. The first-order valence-corrected chi connectivity index (χ1v) is 7.03. The molecule has 2 heterocycles. The number of ketones is 1. The van der Waals surface area contributed by atoms with Crippen LogP contribution in [0, 0.1) is 0 Å². The van der Waals surface area contributed by atoms with E-state index in [0.29, 0.717) is 5.02 Å². The van der Waals surface area contributed by atoms with E-state index < -0.39 is 0 Å². The molecule has 0 saturated heterocycles. The van der Waals surface area contributed by atoms with Gasteiger partial charge >= 0.3 is 0 Å². The van der Waals surface area contributed by atoms with E-state index in [0.717, 1.165) is 26.7 Å². The fourth-order valence-electron chi connectivity index (χ4n) is 1.75. The van der Waals surface area contributed by atoms with Crippen molar-refractivity contribution >= 4 is 40.5 Å². The van der Waals surface area contributed by atoms with Crippen molar-refractivity contribution in [1.82, 2.24) is 0 Å². The first-order chi connectivity index (χ1) is 7.75.